The van der Waals surface area contributed by atoms with Crippen LogP contribution in [-0.4, -0.2) is 14.8 Å². The lowest BCUT2D eigenvalue weighted by Crippen LogP contribution is -2.16. The highest BCUT2D eigenvalue weighted by Gasteiger charge is 2.10. The summed E-state index contributed by atoms with van der Waals surface area (Å²) in [5, 5.41) is 7.52. The third kappa shape index (κ3) is 2.48. The summed E-state index contributed by atoms with van der Waals surface area (Å²) in [5.74, 6) is 0. The highest BCUT2D eigenvalue weighted by molar-refractivity contribution is 7.99. The number of nitrogens with zero attached hydrogens (tertiary/aromatic N) is 2. The molecule has 0 aliphatic heterocycles. The van der Waals surface area contributed by atoms with Crippen LogP contribution in [0.5, 0.6) is 0 Å². The van der Waals surface area contributed by atoms with Crippen molar-refractivity contribution in [2.75, 3.05) is 5.73 Å². The number of anilines is 1. The van der Waals surface area contributed by atoms with Crippen molar-refractivity contribution in [3.63, 3.8) is 0 Å². The van der Waals surface area contributed by atoms with E-state index >= 15 is 0 Å². The van der Waals surface area contributed by atoms with Crippen LogP contribution in [-0.2, 0) is 6.54 Å². The van der Waals surface area contributed by atoms with Crippen molar-refractivity contribution < 1.29 is 0 Å². The topological polar surface area (TPSA) is 76.7 Å². The molecule has 2 rings (SSSR count). The molecule has 0 saturated carbocycles. The van der Waals surface area contributed by atoms with Crippen LogP contribution in [0, 0.1) is 0 Å². The highest BCUT2D eigenvalue weighted by Crippen LogP contribution is 2.32. The number of H-pyrrole nitrogens is 1. The standard InChI is InChI=1S/C10H11ClN4OS/c1-2-15-9(16)13-14-10(15)17-8-5-6(11)3-4-7(8)12/h3-5H,2,12H2,1H3,(H,13,16). The maximum atomic E-state index is 11.4. The third-order valence-electron chi connectivity index (χ3n) is 2.22. The quantitative estimate of drug-likeness (QED) is 0.836. The third-order valence-corrected chi connectivity index (χ3v) is 3.52. The fourth-order valence-electron chi connectivity index (χ4n) is 1.35. The molecule has 1 aromatic carbocycles. The molecule has 0 atom stereocenters. The lowest BCUT2D eigenvalue weighted by Gasteiger charge is -2.05. The molecule has 0 aliphatic rings. The summed E-state index contributed by atoms with van der Waals surface area (Å²) in [4.78, 5) is 12.2. The predicted molar refractivity (Wildman–Crippen MR) is 68.5 cm³/mol. The Bertz CT molecular complexity index is 592. The summed E-state index contributed by atoms with van der Waals surface area (Å²) in [5.41, 5.74) is 6.21. The van der Waals surface area contributed by atoms with Gasteiger partial charge in [0.1, 0.15) is 0 Å². The molecule has 2 aromatic rings. The lowest BCUT2D eigenvalue weighted by atomic mass is 10.3. The summed E-state index contributed by atoms with van der Waals surface area (Å²) in [6.45, 7) is 2.43. The molecule has 0 radical (unpaired) electrons. The monoisotopic (exact) mass is 270 g/mol. The van der Waals surface area contributed by atoms with Gasteiger partial charge in [0, 0.05) is 22.2 Å². The number of halogens is 1. The zero-order chi connectivity index (χ0) is 12.4. The SMILES string of the molecule is CCn1c(Sc2cc(Cl)ccc2N)n[nH]c1=O. The molecule has 0 bridgehead atoms. The molecule has 7 heteroatoms. The molecule has 17 heavy (non-hydrogen) atoms. The number of rotatable bonds is 3. The molecule has 90 valence electrons. The molecule has 5 nitrogen and oxygen atoms in total. The van der Waals surface area contributed by atoms with Crippen LogP contribution in [0.2, 0.25) is 5.02 Å². The summed E-state index contributed by atoms with van der Waals surface area (Å²) in [7, 11) is 0. The number of hydrogen-bond acceptors (Lipinski definition) is 4. The van der Waals surface area contributed by atoms with Crippen LogP contribution in [0.4, 0.5) is 5.69 Å². The van der Waals surface area contributed by atoms with E-state index in [-0.39, 0.29) is 5.69 Å². The average Bonchev–Trinajstić information content (AvgIpc) is 2.64. The Balaban J connectivity index is 2.37. The van der Waals surface area contributed by atoms with Gasteiger partial charge in [-0.1, -0.05) is 11.6 Å². The van der Waals surface area contributed by atoms with E-state index in [0.29, 0.717) is 22.4 Å². The second-order valence-corrected chi connectivity index (χ2v) is 4.79. The number of hydrogen-bond donors (Lipinski definition) is 2. The van der Waals surface area contributed by atoms with E-state index in [4.69, 9.17) is 17.3 Å². The van der Waals surface area contributed by atoms with Gasteiger partial charge < -0.3 is 5.73 Å². The minimum absolute atomic E-state index is 0.226. The van der Waals surface area contributed by atoms with E-state index in [9.17, 15) is 4.79 Å². The Morgan fingerprint density at radius 3 is 3.06 bits per heavy atom. The fraction of sp³-hybridized carbons (Fsp3) is 0.200. The number of nitrogen functional groups attached to an aromatic ring is 1. The van der Waals surface area contributed by atoms with Gasteiger partial charge in [-0.15, -0.1) is 5.10 Å². The van der Waals surface area contributed by atoms with Gasteiger partial charge in [0.25, 0.3) is 0 Å². The van der Waals surface area contributed by atoms with Crippen molar-refractivity contribution in [3.8, 4) is 0 Å². The maximum absolute atomic E-state index is 11.4. The zero-order valence-corrected chi connectivity index (χ0v) is 10.7. The van der Waals surface area contributed by atoms with Crippen molar-refractivity contribution in [1.29, 1.82) is 0 Å². The van der Waals surface area contributed by atoms with E-state index in [2.05, 4.69) is 10.2 Å². The lowest BCUT2D eigenvalue weighted by molar-refractivity contribution is 0.660. The van der Waals surface area contributed by atoms with Crippen LogP contribution in [0.1, 0.15) is 6.92 Å². The van der Waals surface area contributed by atoms with Crippen molar-refractivity contribution in [2.24, 2.45) is 0 Å². The largest absolute Gasteiger partial charge is 0.398 e. The predicted octanol–water partition coefficient (Wildman–Crippen LogP) is 1.98. The van der Waals surface area contributed by atoms with Gasteiger partial charge in [0.2, 0.25) is 0 Å². The molecule has 0 unspecified atom stereocenters. The summed E-state index contributed by atoms with van der Waals surface area (Å²) >= 11 is 7.21. The van der Waals surface area contributed by atoms with Gasteiger partial charge in [0.05, 0.1) is 0 Å². The van der Waals surface area contributed by atoms with Crippen molar-refractivity contribution >= 4 is 29.1 Å². The van der Waals surface area contributed by atoms with E-state index in [0.717, 1.165) is 4.90 Å². The zero-order valence-electron chi connectivity index (χ0n) is 9.11. The first kappa shape index (κ1) is 12.1. The van der Waals surface area contributed by atoms with Gasteiger partial charge in [-0.25, -0.2) is 9.89 Å². The summed E-state index contributed by atoms with van der Waals surface area (Å²) in [6.07, 6.45) is 0. The molecular formula is C10H11ClN4OS. The highest BCUT2D eigenvalue weighted by atomic mass is 35.5. The van der Waals surface area contributed by atoms with Crippen molar-refractivity contribution in [2.45, 2.75) is 23.5 Å². The number of aromatic nitrogens is 3. The van der Waals surface area contributed by atoms with Gasteiger partial charge in [-0.05, 0) is 36.9 Å². The van der Waals surface area contributed by atoms with Crippen molar-refractivity contribution in [3.05, 3.63) is 33.7 Å². The minimum Gasteiger partial charge on any atom is -0.398 e. The van der Waals surface area contributed by atoms with E-state index < -0.39 is 0 Å². The molecule has 0 spiro atoms. The molecular weight excluding hydrogens is 260 g/mol. The Morgan fingerprint density at radius 1 is 1.59 bits per heavy atom. The number of benzene rings is 1. The van der Waals surface area contributed by atoms with Crippen molar-refractivity contribution in [1.82, 2.24) is 14.8 Å². The van der Waals surface area contributed by atoms with Gasteiger partial charge in [0.15, 0.2) is 5.16 Å². The normalized spacial score (nSPS) is 10.7. The second kappa shape index (κ2) is 4.85. The molecule has 0 aliphatic carbocycles. The van der Waals surface area contributed by atoms with Gasteiger partial charge >= 0.3 is 5.69 Å². The summed E-state index contributed by atoms with van der Waals surface area (Å²) in [6, 6.07) is 5.20. The number of nitrogens with one attached hydrogen (secondary N) is 1. The Morgan fingerprint density at radius 2 is 2.35 bits per heavy atom. The molecule has 3 N–H and O–H groups in total. The minimum atomic E-state index is -0.226. The van der Waals surface area contributed by atoms with Crippen LogP contribution < -0.4 is 11.4 Å². The van der Waals surface area contributed by atoms with E-state index in [1.165, 1.54) is 16.3 Å². The smallest absolute Gasteiger partial charge is 0.343 e. The Hall–Kier alpha value is -1.40. The fourth-order valence-corrected chi connectivity index (χ4v) is 2.57. The van der Waals surface area contributed by atoms with E-state index in [1.807, 2.05) is 6.92 Å². The maximum Gasteiger partial charge on any atom is 0.343 e. The van der Waals surface area contributed by atoms with Crippen LogP contribution >= 0.6 is 23.4 Å². The van der Waals surface area contributed by atoms with Crippen LogP contribution in [0.3, 0.4) is 0 Å². The van der Waals surface area contributed by atoms with Crippen LogP contribution in [0.25, 0.3) is 0 Å². The Kier molecular flexibility index (Phi) is 3.44. The molecule has 1 aromatic heterocycles. The van der Waals surface area contributed by atoms with Gasteiger partial charge in [-0.2, -0.15) is 0 Å². The molecule has 0 amide bonds. The first-order chi connectivity index (χ1) is 8.11. The first-order valence-corrected chi connectivity index (χ1v) is 6.19. The molecule has 0 fully saturated rings. The number of aromatic amines is 1. The first-order valence-electron chi connectivity index (χ1n) is 5.00. The van der Waals surface area contributed by atoms with Crippen LogP contribution in [0.15, 0.2) is 33.0 Å². The van der Waals surface area contributed by atoms with E-state index in [1.54, 1.807) is 18.2 Å². The molecule has 1 heterocycles. The second-order valence-electron chi connectivity index (χ2n) is 3.34. The van der Waals surface area contributed by atoms with Gasteiger partial charge in [-0.3, -0.25) is 4.57 Å². The molecule has 0 saturated heterocycles. The average molecular weight is 271 g/mol. The summed E-state index contributed by atoms with van der Waals surface area (Å²) < 4.78 is 1.53. The Labute approximate surface area is 107 Å². The number of nitrogens with two attached hydrogens (primary N) is 1.